The van der Waals surface area contributed by atoms with Crippen LogP contribution in [0.2, 0.25) is 5.02 Å². The van der Waals surface area contributed by atoms with Gasteiger partial charge in [0.2, 0.25) is 10.0 Å². The van der Waals surface area contributed by atoms with Crippen LogP contribution in [0.25, 0.3) is 0 Å². The van der Waals surface area contributed by atoms with E-state index in [0.717, 1.165) is 0 Å². The van der Waals surface area contributed by atoms with E-state index in [0.29, 0.717) is 30.7 Å². The van der Waals surface area contributed by atoms with Gasteiger partial charge in [0.25, 0.3) is 0 Å². The Morgan fingerprint density at radius 3 is 2.30 bits per heavy atom. The van der Waals surface area contributed by atoms with Crippen molar-refractivity contribution < 1.29 is 23.4 Å². The van der Waals surface area contributed by atoms with Crippen LogP contribution in [-0.2, 0) is 14.8 Å². The summed E-state index contributed by atoms with van der Waals surface area (Å²) < 4.78 is 26.6. The molecule has 0 bridgehead atoms. The molecule has 0 saturated heterocycles. The topological polar surface area (TPSA) is 104 Å². The summed E-state index contributed by atoms with van der Waals surface area (Å²) in [5.41, 5.74) is 0. The lowest BCUT2D eigenvalue weighted by atomic mass is 9.79. The number of hydrogen-bond donors (Lipinski definition) is 3. The highest BCUT2D eigenvalue weighted by molar-refractivity contribution is 7.89. The molecule has 0 aliphatic heterocycles. The maximum absolute atomic E-state index is 12.1. The predicted octanol–water partition coefficient (Wildman–Crippen LogP) is 1.87. The first kappa shape index (κ1) is 18.2. The molecule has 23 heavy (non-hydrogen) atoms. The molecule has 0 radical (unpaired) electrons. The number of benzene rings is 1. The molecule has 1 unspecified atom stereocenters. The van der Waals surface area contributed by atoms with Crippen molar-refractivity contribution in [1.29, 1.82) is 0 Å². The first-order valence-corrected chi connectivity index (χ1v) is 9.32. The number of aliphatic carboxylic acids is 1. The Morgan fingerprint density at radius 2 is 1.78 bits per heavy atom. The van der Waals surface area contributed by atoms with Crippen LogP contribution in [0.3, 0.4) is 0 Å². The number of halogens is 1. The van der Waals surface area contributed by atoms with Gasteiger partial charge in [-0.15, -0.1) is 0 Å². The van der Waals surface area contributed by atoms with Crippen molar-refractivity contribution in [3.63, 3.8) is 0 Å². The second-order valence-corrected chi connectivity index (χ2v) is 8.03. The molecule has 2 rings (SSSR count). The number of carbonyl (C=O) groups is 1. The number of hydrogen-bond acceptors (Lipinski definition) is 4. The summed E-state index contributed by atoms with van der Waals surface area (Å²) in [4.78, 5) is 11.0. The summed E-state index contributed by atoms with van der Waals surface area (Å²) in [7, 11) is -3.70. The van der Waals surface area contributed by atoms with Gasteiger partial charge in [0, 0.05) is 11.6 Å². The molecule has 1 aromatic carbocycles. The van der Waals surface area contributed by atoms with Crippen LogP contribution in [-0.4, -0.2) is 37.2 Å². The quantitative estimate of drug-likeness (QED) is 0.717. The van der Waals surface area contributed by atoms with E-state index in [2.05, 4.69) is 4.72 Å². The highest BCUT2D eigenvalue weighted by Gasteiger charge is 2.30. The van der Waals surface area contributed by atoms with Crippen molar-refractivity contribution in [2.75, 3.05) is 6.54 Å². The van der Waals surface area contributed by atoms with Gasteiger partial charge in [-0.05, 0) is 55.9 Å². The summed E-state index contributed by atoms with van der Waals surface area (Å²) >= 11 is 5.73. The third-order valence-electron chi connectivity index (χ3n) is 4.27. The van der Waals surface area contributed by atoms with Gasteiger partial charge in [0.1, 0.15) is 0 Å². The summed E-state index contributed by atoms with van der Waals surface area (Å²) in [6, 6.07) is 5.77. The third kappa shape index (κ3) is 4.91. The van der Waals surface area contributed by atoms with Crippen LogP contribution in [0.4, 0.5) is 0 Å². The van der Waals surface area contributed by atoms with Crippen molar-refractivity contribution in [3.05, 3.63) is 29.3 Å². The zero-order chi connectivity index (χ0) is 17.0. The molecule has 8 heteroatoms. The maximum Gasteiger partial charge on any atom is 0.306 e. The first-order valence-electron chi connectivity index (χ1n) is 7.45. The van der Waals surface area contributed by atoms with E-state index in [4.69, 9.17) is 16.7 Å². The Morgan fingerprint density at radius 1 is 1.22 bits per heavy atom. The first-order chi connectivity index (χ1) is 10.8. The Bertz CT molecular complexity index is 638. The van der Waals surface area contributed by atoms with Gasteiger partial charge < -0.3 is 10.2 Å². The van der Waals surface area contributed by atoms with E-state index in [1.165, 1.54) is 24.3 Å². The highest BCUT2D eigenvalue weighted by Crippen LogP contribution is 2.31. The van der Waals surface area contributed by atoms with Crippen LogP contribution in [0.5, 0.6) is 0 Å². The Labute approximate surface area is 140 Å². The molecule has 1 aliphatic carbocycles. The largest absolute Gasteiger partial charge is 0.481 e. The summed E-state index contributed by atoms with van der Waals surface area (Å²) in [5.74, 6) is -1.25. The summed E-state index contributed by atoms with van der Waals surface area (Å²) in [5, 5.41) is 19.6. The molecule has 1 aliphatic rings. The second kappa shape index (κ2) is 7.61. The van der Waals surface area contributed by atoms with Crippen LogP contribution >= 0.6 is 11.6 Å². The number of carboxylic acid groups (broad SMARTS) is 1. The molecule has 0 amide bonds. The van der Waals surface area contributed by atoms with Crippen molar-refractivity contribution >= 4 is 27.6 Å². The minimum Gasteiger partial charge on any atom is -0.481 e. The molecule has 3 N–H and O–H groups in total. The smallest absolute Gasteiger partial charge is 0.306 e. The lowest BCUT2D eigenvalue weighted by Gasteiger charge is -2.29. The molecule has 0 spiro atoms. The number of rotatable bonds is 6. The van der Waals surface area contributed by atoms with Crippen molar-refractivity contribution in [3.8, 4) is 0 Å². The third-order valence-corrected chi connectivity index (χ3v) is 5.96. The van der Waals surface area contributed by atoms with Gasteiger partial charge >= 0.3 is 5.97 Å². The van der Waals surface area contributed by atoms with E-state index < -0.39 is 22.1 Å². The number of nitrogens with one attached hydrogen (secondary N) is 1. The van der Waals surface area contributed by atoms with Gasteiger partial charge in [0.15, 0.2) is 0 Å². The average Bonchev–Trinajstić information content (AvgIpc) is 2.53. The normalized spacial score (nSPS) is 23.4. The summed E-state index contributed by atoms with van der Waals surface area (Å²) in [6.07, 6.45) is 1.37. The number of aliphatic hydroxyl groups excluding tert-OH is 1. The van der Waals surface area contributed by atoms with E-state index in [9.17, 15) is 18.3 Å². The molecule has 1 saturated carbocycles. The van der Waals surface area contributed by atoms with E-state index in [-0.39, 0.29) is 23.3 Å². The fourth-order valence-electron chi connectivity index (χ4n) is 2.81. The Hall–Kier alpha value is -1.15. The highest BCUT2D eigenvalue weighted by atomic mass is 35.5. The molecule has 0 aromatic heterocycles. The fraction of sp³-hybridized carbons (Fsp3) is 0.533. The molecular formula is C15H20ClNO5S. The number of aliphatic hydroxyl groups is 1. The zero-order valence-corrected chi connectivity index (χ0v) is 14.1. The van der Waals surface area contributed by atoms with E-state index >= 15 is 0 Å². The van der Waals surface area contributed by atoms with Crippen LogP contribution < -0.4 is 4.72 Å². The summed E-state index contributed by atoms with van der Waals surface area (Å²) in [6.45, 7) is -0.0899. The molecule has 1 fully saturated rings. The number of carboxylic acids is 1. The predicted molar refractivity (Wildman–Crippen MR) is 85.7 cm³/mol. The standard InChI is InChI=1S/C15H20ClNO5S/c16-12-5-7-13(8-6-12)23(21,22)17-9-14(18)10-1-3-11(4-2-10)15(19)20/h5-8,10-11,14,17-18H,1-4,9H2,(H,19,20). The maximum atomic E-state index is 12.1. The van der Waals surface area contributed by atoms with Crippen molar-refractivity contribution in [1.82, 2.24) is 4.72 Å². The average molecular weight is 362 g/mol. The fourth-order valence-corrected chi connectivity index (χ4v) is 3.99. The van der Waals surface area contributed by atoms with Crippen LogP contribution in [0.15, 0.2) is 29.2 Å². The molecule has 128 valence electrons. The van der Waals surface area contributed by atoms with Crippen LogP contribution in [0.1, 0.15) is 25.7 Å². The van der Waals surface area contributed by atoms with E-state index in [1.54, 1.807) is 0 Å². The van der Waals surface area contributed by atoms with Gasteiger partial charge in [-0.1, -0.05) is 11.6 Å². The molecule has 1 atom stereocenters. The minimum absolute atomic E-state index is 0.0847. The number of sulfonamides is 1. The Balaban J connectivity index is 1.88. The minimum atomic E-state index is -3.70. The molecule has 0 heterocycles. The molecule has 6 nitrogen and oxygen atoms in total. The molecule has 1 aromatic rings. The molecular weight excluding hydrogens is 342 g/mol. The lowest BCUT2D eigenvalue weighted by Crippen LogP contribution is -2.38. The van der Waals surface area contributed by atoms with Gasteiger partial charge in [0.05, 0.1) is 16.9 Å². The SMILES string of the molecule is O=C(O)C1CCC(C(O)CNS(=O)(=O)c2ccc(Cl)cc2)CC1. The zero-order valence-electron chi connectivity index (χ0n) is 12.5. The Kier molecular flexibility index (Phi) is 6.02. The van der Waals surface area contributed by atoms with E-state index in [1.807, 2.05) is 0 Å². The monoisotopic (exact) mass is 361 g/mol. The van der Waals surface area contributed by atoms with Gasteiger partial charge in [-0.25, -0.2) is 13.1 Å². The van der Waals surface area contributed by atoms with Crippen molar-refractivity contribution in [2.24, 2.45) is 11.8 Å². The second-order valence-electron chi connectivity index (χ2n) is 5.82. The van der Waals surface area contributed by atoms with Crippen LogP contribution in [0, 0.1) is 11.8 Å². The van der Waals surface area contributed by atoms with Crippen molar-refractivity contribution in [2.45, 2.75) is 36.7 Å². The van der Waals surface area contributed by atoms with Gasteiger partial charge in [-0.3, -0.25) is 4.79 Å². The lowest BCUT2D eigenvalue weighted by molar-refractivity contribution is -0.143. The van der Waals surface area contributed by atoms with Gasteiger partial charge in [-0.2, -0.15) is 0 Å².